The molecule has 2 heterocycles. The molecule has 1 N–H and O–H groups in total. The Labute approximate surface area is 130 Å². The van der Waals surface area contributed by atoms with E-state index < -0.39 is 0 Å². The van der Waals surface area contributed by atoms with Gasteiger partial charge in [-0.05, 0) is 28.9 Å². The van der Waals surface area contributed by atoms with Gasteiger partial charge in [-0.2, -0.15) is 5.10 Å². The van der Waals surface area contributed by atoms with E-state index in [1.54, 1.807) is 16.9 Å². The Morgan fingerprint density at radius 2 is 2.10 bits per heavy atom. The van der Waals surface area contributed by atoms with Gasteiger partial charge in [-0.1, -0.05) is 18.2 Å². The van der Waals surface area contributed by atoms with Crippen LogP contribution in [0.1, 0.15) is 5.69 Å². The third-order valence-corrected chi connectivity index (χ3v) is 4.44. The van der Waals surface area contributed by atoms with Gasteiger partial charge in [-0.15, -0.1) is 0 Å². The fraction of sp³-hybridized carbons (Fsp3) is 0.200. The van der Waals surface area contributed by atoms with Crippen LogP contribution in [0.2, 0.25) is 0 Å². The summed E-state index contributed by atoms with van der Waals surface area (Å²) >= 11 is 3.59. The maximum atomic E-state index is 12.2. The molecular formula is C15H15BrN4O. The number of hydrogen-bond donors (Lipinski definition) is 1. The first-order valence-electron chi connectivity index (χ1n) is 6.59. The van der Waals surface area contributed by atoms with E-state index in [0.717, 1.165) is 21.1 Å². The zero-order valence-electron chi connectivity index (χ0n) is 11.8. The van der Waals surface area contributed by atoms with E-state index in [9.17, 15) is 4.79 Å². The van der Waals surface area contributed by atoms with Crippen molar-refractivity contribution in [2.24, 2.45) is 7.05 Å². The highest BCUT2D eigenvalue weighted by molar-refractivity contribution is 9.10. The molecule has 6 heteroatoms. The average Bonchev–Trinajstić information content (AvgIpc) is 2.97. The first-order valence-corrected chi connectivity index (χ1v) is 7.38. The molecule has 0 aliphatic rings. The number of carbonyl (C=O) groups excluding carboxylic acids is 1. The molecule has 3 aromatic rings. The van der Waals surface area contributed by atoms with Crippen LogP contribution in [0.3, 0.4) is 0 Å². The van der Waals surface area contributed by atoms with Crippen LogP contribution in [0.5, 0.6) is 0 Å². The molecule has 0 atom stereocenters. The molecule has 2 aromatic heterocycles. The van der Waals surface area contributed by atoms with Crippen molar-refractivity contribution >= 4 is 38.6 Å². The van der Waals surface area contributed by atoms with Gasteiger partial charge < -0.3 is 9.88 Å². The van der Waals surface area contributed by atoms with Crippen LogP contribution in [0.15, 0.2) is 41.0 Å². The summed E-state index contributed by atoms with van der Waals surface area (Å²) in [6.45, 7) is 2.26. The Morgan fingerprint density at radius 3 is 2.81 bits per heavy atom. The van der Waals surface area contributed by atoms with E-state index in [4.69, 9.17) is 0 Å². The van der Waals surface area contributed by atoms with Crippen LogP contribution < -0.4 is 5.32 Å². The normalized spacial score (nSPS) is 11.0. The molecule has 0 radical (unpaired) electrons. The Hall–Kier alpha value is -2.08. The number of nitrogens with one attached hydrogen (secondary N) is 1. The maximum Gasteiger partial charge on any atom is 0.245 e. The lowest BCUT2D eigenvalue weighted by Crippen LogP contribution is -2.19. The number of amides is 1. The Morgan fingerprint density at radius 1 is 1.33 bits per heavy atom. The molecule has 21 heavy (non-hydrogen) atoms. The predicted molar refractivity (Wildman–Crippen MR) is 86.2 cm³/mol. The molecule has 0 unspecified atom stereocenters. The van der Waals surface area contributed by atoms with Gasteiger partial charge in [0, 0.05) is 40.4 Å². The summed E-state index contributed by atoms with van der Waals surface area (Å²) in [6, 6.07) is 9.79. The second-order valence-electron chi connectivity index (χ2n) is 4.93. The molecule has 0 aliphatic heterocycles. The molecule has 0 saturated heterocycles. The van der Waals surface area contributed by atoms with Crippen LogP contribution in [-0.4, -0.2) is 20.3 Å². The van der Waals surface area contributed by atoms with Crippen molar-refractivity contribution < 1.29 is 4.79 Å². The second-order valence-corrected chi connectivity index (χ2v) is 5.72. The average molecular weight is 347 g/mol. The van der Waals surface area contributed by atoms with Gasteiger partial charge in [0.15, 0.2) is 5.82 Å². The van der Waals surface area contributed by atoms with Gasteiger partial charge in [-0.3, -0.25) is 9.48 Å². The topological polar surface area (TPSA) is 51.9 Å². The lowest BCUT2D eigenvalue weighted by Gasteiger charge is -2.08. The summed E-state index contributed by atoms with van der Waals surface area (Å²) in [6.07, 6.45) is 1.79. The highest BCUT2D eigenvalue weighted by Gasteiger charge is 2.14. The molecule has 3 rings (SSSR count). The predicted octanol–water partition coefficient (Wildman–Crippen LogP) is 3.08. The second kappa shape index (κ2) is 5.37. The number of rotatable bonds is 3. The summed E-state index contributed by atoms with van der Waals surface area (Å²) < 4.78 is 4.68. The van der Waals surface area contributed by atoms with Crippen LogP contribution in [0.4, 0.5) is 5.82 Å². The smallest absolute Gasteiger partial charge is 0.245 e. The Bertz CT molecular complexity index is 818. The molecular weight excluding hydrogens is 332 g/mol. The van der Waals surface area contributed by atoms with Crippen LogP contribution >= 0.6 is 15.9 Å². The number of hydrogen-bond acceptors (Lipinski definition) is 2. The SMILES string of the molecule is Cc1c(Br)c2ccccc2n1CC(=O)Nc1ccn(C)n1. The van der Waals surface area contributed by atoms with Crippen molar-refractivity contribution in [2.75, 3.05) is 5.32 Å². The first kappa shape index (κ1) is 13.9. The van der Waals surface area contributed by atoms with Crippen LogP contribution in [0, 0.1) is 6.92 Å². The fourth-order valence-corrected chi connectivity index (χ4v) is 2.95. The Balaban J connectivity index is 1.88. The lowest BCUT2D eigenvalue weighted by molar-refractivity contribution is -0.116. The minimum Gasteiger partial charge on any atom is -0.334 e. The Kier molecular flexibility index (Phi) is 3.55. The highest BCUT2D eigenvalue weighted by Crippen LogP contribution is 2.30. The number of aryl methyl sites for hydroxylation is 1. The van der Waals surface area contributed by atoms with Crippen molar-refractivity contribution in [3.63, 3.8) is 0 Å². The molecule has 0 bridgehead atoms. The van der Waals surface area contributed by atoms with E-state index in [-0.39, 0.29) is 12.5 Å². The summed E-state index contributed by atoms with van der Waals surface area (Å²) in [5.74, 6) is 0.473. The molecule has 1 amide bonds. The minimum atomic E-state index is -0.0925. The molecule has 5 nitrogen and oxygen atoms in total. The quantitative estimate of drug-likeness (QED) is 0.792. The van der Waals surface area contributed by atoms with Crippen LogP contribution in [0.25, 0.3) is 10.9 Å². The zero-order chi connectivity index (χ0) is 15.0. The van der Waals surface area contributed by atoms with Crippen molar-refractivity contribution in [1.29, 1.82) is 0 Å². The summed E-state index contributed by atoms with van der Waals surface area (Å²) in [7, 11) is 1.82. The molecule has 108 valence electrons. The van der Waals surface area contributed by atoms with Crippen molar-refractivity contribution in [3.05, 3.63) is 46.7 Å². The maximum absolute atomic E-state index is 12.2. The summed E-state index contributed by atoms with van der Waals surface area (Å²) in [5, 5.41) is 8.07. The van der Waals surface area contributed by atoms with Crippen molar-refractivity contribution in [2.45, 2.75) is 13.5 Å². The number of benzene rings is 1. The summed E-state index contributed by atoms with van der Waals surface area (Å²) in [5.41, 5.74) is 2.07. The monoisotopic (exact) mass is 346 g/mol. The van der Waals surface area contributed by atoms with Gasteiger partial charge >= 0.3 is 0 Å². The van der Waals surface area contributed by atoms with Gasteiger partial charge in [0.1, 0.15) is 6.54 Å². The van der Waals surface area contributed by atoms with Crippen LogP contribution in [-0.2, 0) is 18.4 Å². The molecule has 1 aromatic carbocycles. The summed E-state index contributed by atoms with van der Waals surface area (Å²) in [4.78, 5) is 12.2. The fourth-order valence-electron chi connectivity index (χ4n) is 2.40. The number of aromatic nitrogens is 3. The largest absolute Gasteiger partial charge is 0.334 e. The number of fused-ring (bicyclic) bond motifs is 1. The molecule has 0 spiro atoms. The van der Waals surface area contributed by atoms with E-state index >= 15 is 0 Å². The van der Waals surface area contributed by atoms with E-state index in [2.05, 4.69) is 26.3 Å². The standard InChI is InChI=1S/C15H15BrN4O/c1-10-15(16)11-5-3-4-6-12(11)20(10)9-14(21)17-13-7-8-19(2)18-13/h3-8H,9H2,1-2H3,(H,17,18,21). The molecule has 0 fully saturated rings. The first-order chi connectivity index (χ1) is 10.1. The molecule has 0 saturated carbocycles. The number of carbonyl (C=O) groups is 1. The van der Waals surface area contributed by atoms with Gasteiger partial charge in [0.05, 0.1) is 0 Å². The molecule has 0 aliphatic carbocycles. The zero-order valence-corrected chi connectivity index (χ0v) is 13.4. The van der Waals surface area contributed by atoms with Gasteiger partial charge in [-0.25, -0.2) is 0 Å². The number of halogens is 1. The van der Waals surface area contributed by atoms with Crippen molar-refractivity contribution in [1.82, 2.24) is 14.3 Å². The number of para-hydroxylation sites is 1. The van der Waals surface area contributed by atoms with E-state index in [1.807, 2.05) is 42.8 Å². The van der Waals surface area contributed by atoms with E-state index in [1.165, 1.54) is 0 Å². The highest BCUT2D eigenvalue weighted by atomic mass is 79.9. The van der Waals surface area contributed by atoms with Gasteiger partial charge in [0.25, 0.3) is 0 Å². The van der Waals surface area contributed by atoms with Crippen molar-refractivity contribution in [3.8, 4) is 0 Å². The van der Waals surface area contributed by atoms with Gasteiger partial charge in [0.2, 0.25) is 5.91 Å². The minimum absolute atomic E-state index is 0.0925. The third-order valence-electron chi connectivity index (χ3n) is 3.44. The lowest BCUT2D eigenvalue weighted by atomic mass is 10.2. The third kappa shape index (κ3) is 2.58. The van der Waals surface area contributed by atoms with E-state index in [0.29, 0.717) is 5.82 Å². The number of nitrogens with zero attached hydrogens (tertiary/aromatic N) is 3. The number of anilines is 1.